The average Bonchev–Trinajstić information content (AvgIpc) is 2.26. The summed E-state index contributed by atoms with van der Waals surface area (Å²) in [6.07, 6.45) is 0.644. The van der Waals surface area contributed by atoms with Crippen molar-refractivity contribution in [3.05, 3.63) is 26.8 Å². The van der Waals surface area contributed by atoms with Gasteiger partial charge in [-0.1, -0.05) is 15.9 Å². The van der Waals surface area contributed by atoms with Crippen LogP contribution in [0.5, 0.6) is 5.75 Å². The Bertz CT molecular complexity index is 404. The Morgan fingerprint density at radius 2 is 2.27 bits per heavy atom. The number of benzene rings is 1. The van der Waals surface area contributed by atoms with Gasteiger partial charge in [0.2, 0.25) is 0 Å². The number of halogens is 2. The number of ether oxygens (including phenoxy) is 1. The van der Waals surface area contributed by atoms with E-state index in [0.29, 0.717) is 23.2 Å². The maximum absolute atomic E-state index is 11.5. The van der Waals surface area contributed by atoms with Crippen molar-refractivity contribution in [1.82, 2.24) is 0 Å². The van der Waals surface area contributed by atoms with E-state index >= 15 is 0 Å². The zero-order valence-corrected chi connectivity index (χ0v) is 11.7. The second kappa shape index (κ2) is 5.60. The zero-order chi connectivity index (χ0) is 11.4. The third kappa shape index (κ3) is 2.78. The molecule has 1 rings (SSSR count). The summed E-state index contributed by atoms with van der Waals surface area (Å²) in [5.74, 6) is 0.301. The largest absolute Gasteiger partial charge is 0.496 e. The Balaban J connectivity index is 3.41. The number of ketones is 1. The van der Waals surface area contributed by atoms with Crippen molar-refractivity contribution in [3.63, 3.8) is 0 Å². The van der Waals surface area contributed by atoms with Crippen molar-refractivity contribution in [2.75, 3.05) is 12.4 Å². The van der Waals surface area contributed by atoms with Crippen molar-refractivity contribution in [2.24, 2.45) is 0 Å². The molecule has 3 nitrogen and oxygen atoms in total. The summed E-state index contributed by atoms with van der Waals surface area (Å²) in [5, 5.41) is 0.192. The molecule has 0 aliphatic heterocycles. The second-order valence-electron chi connectivity index (χ2n) is 2.74. The number of carbonyl (C=O) groups excluding carboxylic acids is 2. The fourth-order valence-corrected chi connectivity index (χ4v) is 2.08. The van der Waals surface area contributed by atoms with Crippen molar-refractivity contribution >= 4 is 50.6 Å². The lowest BCUT2D eigenvalue weighted by Gasteiger charge is -2.08. The molecule has 0 bridgehead atoms. The molecule has 1 aromatic rings. The van der Waals surface area contributed by atoms with E-state index in [1.807, 2.05) is 0 Å². The lowest BCUT2D eigenvalue weighted by molar-refractivity contribution is 0.101. The van der Waals surface area contributed by atoms with E-state index in [9.17, 15) is 9.59 Å². The Morgan fingerprint density at radius 3 is 2.73 bits per heavy atom. The molecular weight excluding hydrogens is 375 g/mol. The monoisotopic (exact) mass is 382 g/mol. The number of aldehydes is 1. The van der Waals surface area contributed by atoms with Gasteiger partial charge in [0.05, 0.1) is 18.0 Å². The molecule has 0 saturated carbocycles. The van der Waals surface area contributed by atoms with Gasteiger partial charge in [-0.15, -0.1) is 0 Å². The summed E-state index contributed by atoms with van der Waals surface area (Å²) in [6, 6.07) is 3.39. The smallest absolute Gasteiger partial charge is 0.174 e. The SMILES string of the molecule is COc1cc(I)cc(C(=O)CBr)c1C=O. The third-order valence-corrected chi connectivity index (χ3v) is 3.00. The van der Waals surface area contributed by atoms with Crippen LogP contribution < -0.4 is 4.74 Å². The standard InChI is InChI=1S/C10H8BrIO3/c1-15-10-3-6(12)2-7(8(10)5-13)9(14)4-11/h2-3,5H,4H2,1H3. The van der Waals surface area contributed by atoms with E-state index in [4.69, 9.17) is 4.74 Å². The molecular formula is C10H8BrIO3. The molecule has 0 atom stereocenters. The van der Waals surface area contributed by atoms with Crippen LogP contribution in [0.1, 0.15) is 20.7 Å². The first-order valence-corrected chi connectivity index (χ1v) is 6.26. The van der Waals surface area contributed by atoms with Gasteiger partial charge in [0.25, 0.3) is 0 Å². The molecule has 0 aliphatic rings. The summed E-state index contributed by atoms with van der Waals surface area (Å²) in [6.45, 7) is 0. The molecule has 0 fully saturated rings. The van der Waals surface area contributed by atoms with Crippen LogP contribution in [0.3, 0.4) is 0 Å². The van der Waals surface area contributed by atoms with E-state index < -0.39 is 0 Å². The molecule has 0 aromatic heterocycles. The van der Waals surface area contributed by atoms with Crippen molar-refractivity contribution < 1.29 is 14.3 Å². The van der Waals surface area contributed by atoms with Gasteiger partial charge >= 0.3 is 0 Å². The third-order valence-electron chi connectivity index (χ3n) is 1.87. The summed E-state index contributed by atoms with van der Waals surface area (Å²) in [7, 11) is 1.47. The molecule has 5 heteroatoms. The minimum Gasteiger partial charge on any atom is -0.496 e. The minimum absolute atomic E-state index is 0.131. The van der Waals surface area contributed by atoms with Gasteiger partial charge < -0.3 is 4.74 Å². The Hall–Kier alpha value is -0.430. The quantitative estimate of drug-likeness (QED) is 0.348. The number of methoxy groups -OCH3 is 1. The van der Waals surface area contributed by atoms with Crippen LogP contribution in [-0.2, 0) is 0 Å². The highest BCUT2D eigenvalue weighted by Gasteiger charge is 2.15. The molecule has 0 saturated heterocycles. The number of Topliss-reactive ketones (excluding diaryl/α,β-unsaturated/α-hetero) is 1. The molecule has 0 unspecified atom stereocenters. The predicted molar refractivity (Wildman–Crippen MR) is 69.2 cm³/mol. The van der Waals surface area contributed by atoms with Crippen LogP contribution in [0, 0.1) is 3.57 Å². The minimum atomic E-state index is -0.131. The van der Waals surface area contributed by atoms with Crippen LogP contribution >= 0.6 is 38.5 Å². The topological polar surface area (TPSA) is 43.4 Å². The first-order chi connectivity index (χ1) is 7.13. The highest BCUT2D eigenvalue weighted by Crippen LogP contribution is 2.24. The zero-order valence-electron chi connectivity index (χ0n) is 7.92. The summed E-state index contributed by atoms with van der Waals surface area (Å²) < 4.78 is 5.91. The summed E-state index contributed by atoms with van der Waals surface area (Å²) in [4.78, 5) is 22.4. The highest BCUT2D eigenvalue weighted by atomic mass is 127. The van der Waals surface area contributed by atoms with E-state index in [2.05, 4.69) is 38.5 Å². The van der Waals surface area contributed by atoms with Crippen LogP contribution in [-0.4, -0.2) is 24.5 Å². The lowest BCUT2D eigenvalue weighted by Crippen LogP contribution is -2.06. The van der Waals surface area contributed by atoms with Gasteiger partial charge in [-0.05, 0) is 34.7 Å². The second-order valence-corrected chi connectivity index (χ2v) is 4.55. The van der Waals surface area contributed by atoms with Gasteiger partial charge in [-0.3, -0.25) is 9.59 Å². The molecule has 0 spiro atoms. The van der Waals surface area contributed by atoms with Gasteiger partial charge in [-0.25, -0.2) is 0 Å². The predicted octanol–water partition coefficient (Wildman–Crippen LogP) is 2.69. The Kier molecular flexibility index (Phi) is 4.72. The Labute approximate surface area is 109 Å². The lowest BCUT2D eigenvalue weighted by atomic mass is 10.0. The molecule has 0 N–H and O–H groups in total. The van der Waals surface area contributed by atoms with Crippen LogP contribution in [0.4, 0.5) is 0 Å². The maximum atomic E-state index is 11.5. The van der Waals surface area contributed by atoms with Gasteiger partial charge in [0.15, 0.2) is 12.1 Å². The first-order valence-electron chi connectivity index (χ1n) is 4.06. The molecule has 0 aliphatic carbocycles. The van der Waals surface area contributed by atoms with E-state index in [1.54, 1.807) is 12.1 Å². The molecule has 0 amide bonds. The van der Waals surface area contributed by atoms with Gasteiger partial charge in [0, 0.05) is 9.13 Å². The molecule has 0 radical (unpaired) electrons. The fraction of sp³-hybridized carbons (Fsp3) is 0.200. The van der Waals surface area contributed by atoms with E-state index in [0.717, 1.165) is 3.57 Å². The van der Waals surface area contributed by atoms with Gasteiger partial charge in [-0.2, -0.15) is 0 Å². The molecule has 0 heterocycles. The molecule has 15 heavy (non-hydrogen) atoms. The molecule has 1 aromatic carbocycles. The number of carbonyl (C=O) groups is 2. The molecule has 80 valence electrons. The van der Waals surface area contributed by atoms with E-state index in [1.165, 1.54) is 7.11 Å². The number of rotatable bonds is 4. The van der Waals surface area contributed by atoms with Gasteiger partial charge in [0.1, 0.15) is 5.75 Å². The number of hydrogen-bond acceptors (Lipinski definition) is 3. The Morgan fingerprint density at radius 1 is 1.60 bits per heavy atom. The van der Waals surface area contributed by atoms with E-state index in [-0.39, 0.29) is 11.1 Å². The summed E-state index contributed by atoms with van der Waals surface area (Å²) >= 11 is 5.15. The summed E-state index contributed by atoms with van der Waals surface area (Å²) in [5.41, 5.74) is 0.702. The highest BCUT2D eigenvalue weighted by molar-refractivity contribution is 14.1. The normalized spacial score (nSPS) is 9.80. The fourth-order valence-electron chi connectivity index (χ4n) is 1.19. The number of hydrogen-bond donors (Lipinski definition) is 0. The first kappa shape index (κ1) is 12.6. The maximum Gasteiger partial charge on any atom is 0.174 e. The van der Waals surface area contributed by atoms with Crippen LogP contribution in [0.15, 0.2) is 12.1 Å². The van der Waals surface area contributed by atoms with Crippen molar-refractivity contribution in [3.8, 4) is 5.75 Å². The van der Waals surface area contributed by atoms with Crippen LogP contribution in [0.25, 0.3) is 0 Å². The van der Waals surface area contributed by atoms with Crippen LogP contribution in [0.2, 0.25) is 0 Å². The number of alkyl halides is 1. The van der Waals surface area contributed by atoms with Crippen molar-refractivity contribution in [2.45, 2.75) is 0 Å². The van der Waals surface area contributed by atoms with Crippen molar-refractivity contribution in [1.29, 1.82) is 0 Å². The average molecular weight is 383 g/mol.